The number of hydrogen-bond acceptors (Lipinski definition) is 6. The minimum atomic E-state index is -1.13. The molecule has 1 aromatic heterocycles. The number of aliphatic hydroxyl groups is 1. The summed E-state index contributed by atoms with van der Waals surface area (Å²) in [6, 6.07) is 9.69. The number of halogens is 2. The Bertz CT molecular complexity index is 1220. The van der Waals surface area contributed by atoms with Crippen LogP contribution in [-0.4, -0.2) is 31.0 Å². The number of methoxy groups -OCH3 is 2. The van der Waals surface area contributed by atoms with Crippen LogP contribution in [0.4, 0.5) is 14.5 Å². The van der Waals surface area contributed by atoms with Crippen molar-refractivity contribution >= 4 is 34.5 Å². The van der Waals surface area contributed by atoms with Crippen molar-refractivity contribution in [3.8, 4) is 11.5 Å². The number of anilines is 1. The van der Waals surface area contributed by atoms with E-state index in [4.69, 9.17) is 9.47 Å². The molecule has 0 spiro atoms. The van der Waals surface area contributed by atoms with E-state index >= 15 is 0 Å². The Kier molecular flexibility index (Phi) is 5.67. The van der Waals surface area contributed by atoms with Crippen molar-refractivity contribution in [2.45, 2.75) is 6.04 Å². The molecular formula is C23H17F2NO5S. The van der Waals surface area contributed by atoms with Gasteiger partial charge in [0.15, 0.2) is 0 Å². The molecule has 0 saturated carbocycles. The second kappa shape index (κ2) is 8.43. The van der Waals surface area contributed by atoms with Gasteiger partial charge in [-0.2, -0.15) is 0 Å². The van der Waals surface area contributed by atoms with Gasteiger partial charge in [-0.15, -0.1) is 11.3 Å². The third kappa shape index (κ3) is 3.40. The Morgan fingerprint density at radius 1 is 1.03 bits per heavy atom. The molecule has 0 bridgehead atoms. The molecule has 1 amide bonds. The maximum atomic E-state index is 14.6. The highest BCUT2D eigenvalue weighted by Crippen LogP contribution is 2.46. The predicted octanol–water partition coefficient (Wildman–Crippen LogP) is 4.67. The van der Waals surface area contributed by atoms with Crippen molar-refractivity contribution in [2.75, 3.05) is 19.1 Å². The summed E-state index contributed by atoms with van der Waals surface area (Å²) in [5.41, 5.74) is -0.460. The highest BCUT2D eigenvalue weighted by Gasteiger charge is 2.48. The molecule has 4 rings (SSSR count). The van der Waals surface area contributed by atoms with Crippen molar-refractivity contribution in [3.63, 3.8) is 0 Å². The molecule has 1 N–H and O–H groups in total. The van der Waals surface area contributed by atoms with Crippen LogP contribution in [0.5, 0.6) is 11.5 Å². The fourth-order valence-corrected chi connectivity index (χ4v) is 4.52. The van der Waals surface area contributed by atoms with Gasteiger partial charge in [0.05, 0.1) is 25.5 Å². The van der Waals surface area contributed by atoms with E-state index in [1.165, 1.54) is 25.6 Å². The van der Waals surface area contributed by atoms with Gasteiger partial charge in [0, 0.05) is 10.9 Å². The highest BCUT2D eigenvalue weighted by molar-refractivity contribution is 7.10. The molecule has 1 aliphatic heterocycles. The van der Waals surface area contributed by atoms with Gasteiger partial charge in [0.25, 0.3) is 11.7 Å². The molecule has 2 heterocycles. The van der Waals surface area contributed by atoms with Crippen LogP contribution < -0.4 is 14.4 Å². The first-order valence-corrected chi connectivity index (χ1v) is 10.3. The number of ketones is 1. The Balaban J connectivity index is 2.00. The number of nitrogens with zero attached hydrogens (tertiary/aromatic N) is 1. The van der Waals surface area contributed by atoms with Crippen molar-refractivity contribution in [1.82, 2.24) is 0 Å². The molecule has 0 aliphatic carbocycles. The summed E-state index contributed by atoms with van der Waals surface area (Å²) in [5.74, 6) is -4.00. The summed E-state index contributed by atoms with van der Waals surface area (Å²) in [6.45, 7) is 0. The van der Waals surface area contributed by atoms with E-state index in [-0.39, 0.29) is 28.3 Å². The van der Waals surface area contributed by atoms with Gasteiger partial charge in [-0.1, -0.05) is 12.1 Å². The third-order valence-electron chi connectivity index (χ3n) is 5.09. The lowest BCUT2D eigenvalue weighted by Gasteiger charge is -2.24. The molecular weight excluding hydrogens is 440 g/mol. The molecule has 0 radical (unpaired) electrons. The number of ether oxygens (including phenoxy) is 2. The van der Waals surface area contributed by atoms with Crippen LogP contribution >= 0.6 is 11.3 Å². The summed E-state index contributed by atoms with van der Waals surface area (Å²) in [6.07, 6.45) is 0. The molecule has 1 saturated heterocycles. The van der Waals surface area contributed by atoms with E-state index < -0.39 is 35.1 Å². The zero-order valence-electron chi connectivity index (χ0n) is 17.0. The van der Waals surface area contributed by atoms with Gasteiger partial charge < -0.3 is 14.6 Å². The van der Waals surface area contributed by atoms with Gasteiger partial charge in [-0.05, 0) is 35.7 Å². The smallest absolute Gasteiger partial charge is 0.300 e. The van der Waals surface area contributed by atoms with E-state index in [2.05, 4.69) is 0 Å². The van der Waals surface area contributed by atoms with E-state index in [1.807, 2.05) is 0 Å². The largest absolute Gasteiger partial charge is 0.506 e. The molecule has 1 aliphatic rings. The van der Waals surface area contributed by atoms with Crippen LogP contribution in [0, 0.1) is 11.6 Å². The van der Waals surface area contributed by atoms with Gasteiger partial charge in [0.2, 0.25) is 0 Å². The summed E-state index contributed by atoms with van der Waals surface area (Å²) >= 11 is 1.22. The maximum absolute atomic E-state index is 14.6. The predicted molar refractivity (Wildman–Crippen MR) is 115 cm³/mol. The number of aliphatic hydroxyl groups excluding tert-OH is 1. The fraction of sp³-hybridized carbons (Fsp3) is 0.130. The van der Waals surface area contributed by atoms with Crippen molar-refractivity contribution < 1.29 is 33.0 Å². The first-order valence-electron chi connectivity index (χ1n) is 9.39. The van der Waals surface area contributed by atoms with Gasteiger partial charge >= 0.3 is 0 Å². The number of amides is 1. The van der Waals surface area contributed by atoms with Crippen LogP contribution in [0.2, 0.25) is 0 Å². The Hall–Kier alpha value is -3.72. The first-order chi connectivity index (χ1) is 15.4. The van der Waals surface area contributed by atoms with Gasteiger partial charge in [-0.25, -0.2) is 8.78 Å². The Morgan fingerprint density at radius 3 is 2.28 bits per heavy atom. The molecule has 164 valence electrons. The van der Waals surface area contributed by atoms with Crippen LogP contribution in [-0.2, 0) is 9.59 Å². The van der Waals surface area contributed by atoms with Crippen LogP contribution in [0.15, 0.2) is 59.5 Å². The molecule has 32 heavy (non-hydrogen) atoms. The molecule has 2 aromatic carbocycles. The number of benzene rings is 2. The SMILES string of the molecule is COc1cccc(OC)c1/C(O)=C1\C(=O)C(=O)N(c2ccc(F)cc2F)C1c1cccs1. The average molecular weight is 457 g/mol. The topological polar surface area (TPSA) is 76.1 Å². The van der Waals surface area contributed by atoms with Crippen LogP contribution in [0.1, 0.15) is 16.5 Å². The molecule has 1 atom stereocenters. The van der Waals surface area contributed by atoms with Crippen molar-refractivity contribution in [1.29, 1.82) is 0 Å². The summed E-state index contributed by atoms with van der Waals surface area (Å²) < 4.78 is 38.8. The van der Waals surface area contributed by atoms with Crippen LogP contribution in [0.25, 0.3) is 5.76 Å². The first kappa shape index (κ1) is 21.5. The number of Topliss-reactive ketones (excluding diaryl/α,β-unsaturated/α-hetero) is 1. The zero-order valence-corrected chi connectivity index (χ0v) is 17.8. The molecule has 6 nitrogen and oxygen atoms in total. The number of carbonyl (C=O) groups excluding carboxylic acids is 2. The maximum Gasteiger partial charge on any atom is 0.300 e. The molecule has 1 unspecified atom stereocenters. The average Bonchev–Trinajstić information content (AvgIpc) is 3.40. The quantitative estimate of drug-likeness (QED) is 0.342. The molecule has 9 heteroatoms. The van der Waals surface area contributed by atoms with E-state index in [0.717, 1.165) is 17.0 Å². The van der Waals surface area contributed by atoms with E-state index in [0.29, 0.717) is 10.9 Å². The molecule has 3 aromatic rings. The normalized spacial score (nSPS) is 17.6. The van der Waals surface area contributed by atoms with Crippen molar-refractivity contribution in [2.24, 2.45) is 0 Å². The number of rotatable bonds is 5. The van der Waals surface area contributed by atoms with E-state index in [1.54, 1.807) is 35.7 Å². The number of carbonyl (C=O) groups is 2. The minimum absolute atomic E-state index is 0.0802. The second-order valence-electron chi connectivity index (χ2n) is 6.82. The fourth-order valence-electron chi connectivity index (χ4n) is 3.69. The van der Waals surface area contributed by atoms with Crippen LogP contribution in [0.3, 0.4) is 0 Å². The summed E-state index contributed by atoms with van der Waals surface area (Å²) in [5, 5.41) is 13.0. The second-order valence-corrected chi connectivity index (χ2v) is 7.80. The van der Waals surface area contributed by atoms with E-state index in [9.17, 15) is 23.5 Å². The molecule has 1 fully saturated rings. The Morgan fingerprint density at radius 2 is 1.72 bits per heavy atom. The van der Waals surface area contributed by atoms with Gasteiger partial charge in [-0.3, -0.25) is 14.5 Å². The summed E-state index contributed by atoms with van der Waals surface area (Å²) in [4.78, 5) is 27.6. The number of hydrogen-bond donors (Lipinski definition) is 1. The van der Waals surface area contributed by atoms with Gasteiger partial charge in [0.1, 0.15) is 40.5 Å². The lowest BCUT2D eigenvalue weighted by molar-refractivity contribution is -0.132. The minimum Gasteiger partial charge on any atom is -0.506 e. The highest BCUT2D eigenvalue weighted by atomic mass is 32.1. The monoisotopic (exact) mass is 457 g/mol. The summed E-state index contributed by atoms with van der Waals surface area (Å²) in [7, 11) is 2.77. The lowest BCUT2D eigenvalue weighted by Crippen LogP contribution is -2.30. The Labute approximate surface area is 185 Å². The zero-order chi connectivity index (χ0) is 23.0. The number of thiophene rings is 1. The van der Waals surface area contributed by atoms with Crippen molar-refractivity contribution in [3.05, 3.63) is 81.6 Å². The lowest BCUT2D eigenvalue weighted by atomic mass is 9.98. The standard InChI is InChI=1S/C23H17F2NO5S/c1-30-15-5-3-6-16(31-2)18(15)21(27)19-20(17-7-4-10-32-17)26(23(29)22(19)28)14-9-8-12(24)11-13(14)25/h3-11,20,27H,1-2H3/b21-19+. The third-order valence-corrected chi connectivity index (χ3v) is 6.02.